The minimum absolute atomic E-state index is 0.452. The Bertz CT molecular complexity index is 335. The average molecular weight is 221 g/mol. The Kier molecular flexibility index (Phi) is 3.64. The van der Waals surface area contributed by atoms with Crippen molar-refractivity contribution >= 4 is 0 Å². The molecule has 1 atom stereocenters. The number of hydrogen-bond donors (Lipinski definition) is 2. The van der Waals surface area contributed by atoms with E-state index in [1.165, 1.54) is 30.7 Å². The third-order valence-electron chi connectivity index (χ3n) is 3.25. The zero-order valence-corrected chi connectivity index (χ0v) is 10.6. The molecule has 2 heterocycles. The molecular formula is C13H23N3. The van der Waals surface area contributed by atoms with Gasteiger partial charge in [0.1, 0.15) is 5.82 Å². The minimum Gasteiger partial charge on any atom is -0.345 e. The van der Waals surface area contributed by atoms with Crippen LogP contribution >= 0.6 is 0 Å². The SMILES string of the molecule is Cc1[nH]c(C2CCCCN2)nc1CC(C)C. The summed E-state index contributed by atoms with van der Waals surface area (Å²) in [5, 5.41) is 3.54. The third kappa shape index (κ3) is 2.64. The van der Waals surface area contributed by atoms with E-state index < -0.39 is 0 Å². The molecule has 1 aromatic heterocycles. The van der Waals surface area contributed by atoms with Gasteiger partial charge in [0, 0.05) is 5.69 Å². The van der Waals surface area contributed by atoms with Gasteiger partial charge in [-0.25, -0.2) is 4.98 Å². The van der Waals surface area contributed by atoms with E-state index in [2.05, 4.69) is 31.1 Å². The summed E-state index contributed by atoms with van der Waals surface area (Å²) >= 11 is 0. The lowest BCUT2D eigenvalue weighted by Crippen LogP contribution is -2.27. The van der Waals surface area contributed by atoms with Crippen LogP contribution in [0, 0.1) is 12.8 Å². The molecule has 0 amide bonds. The fourth-order valence-electron chi connectivity index (χ4n) is 2.36. The van der Waals surface area contributed by atoms with Gasteiger partial charge in [-0.1, -0.05) is 20.3 Å². The summed E-state index contributed by atoms with van der Waals surface area (Å²) in [4.78, 5) is 8.20. The van der Waals surface area contributed by atoms with Crippen molar-refractivity contribution in [3.63, 3.8) is 0 Å². The molecule has 2 rings (SSSR count). The molecule has 1 fully saturated rings. The van der Waals surface area contributed by atoms with Crippen molar-refractivity contribution in [1.82, 2.24) is 15.3 Å². The van der Waals surface area contributed by atoms with Gasteiger partial charge in [-0.3, -0.25) is 0 Å². The first-order valence-electron chi connectivity index (χ1n) is 6.45. The van der Waals surface area contributed by atoms with Gasteiger partial charge in [0.2, 0.25) is 0 Å². The lowest BCUT2D eigenvalue weighted by atomic mass is 10.0. The molecule has 0 saturated carbocycles. The monoisotopic (exact) mass is 221 g/mol. The summed E-state index contributed by atoms with van der Waals surface area (Å²) < 4.78 is 0. The van der Waals surface area contributed by atoms with Crippen LogP contribution in [0.25, 0.3) is 0 Å². The first kappa shape index (κ1) is 11.6. The number of imidazole rings is 1. The standard InChI is InChI=1S/C13H23N3/c1-9(2)8-12-10(3)15-13(16-12)11-6-4-5-7-14-11/h9,11,14H,4-8H2,1-3H3,(H,15,16). The van der Waals surface area contributed by atoms with Gasteiger partial charge in [-0.2, -0.15) is 0 Å². The molecule has 1 saturated heterocycles. The summed E-state index contributed by atoms with van der Waals surface area (Å²) in [6, 6.07) is 0.452. The molecule has 1 aliphatic heterocycles. The quantitative estimate of drug-likeness (QED) is 0.824. The second kappa shape index (κ2) is 5.00. The zero-order chi connectivity index (χ0) is 11.5. The normalized spacial score (nSPS) is 21.6. The fourth-order valence-corrected chi connectivity index (χ4v) is 2.36. The van der Waals surface area contributed by atoms with E-state index in [0.29, 0.717) is 12.0 Å². The Morgan fingerprint density at radius 3 is 2.81 bits per heavy atom. The Balaban J connectivity index is 2.09. The molecule has 0 spiro atoms. The number of nitrogens with one attached hydrogen (secondary N) is 2. The van der Waals surface area contributed by atoms with E-state index in [1.807, 2.05) is 0 Å². The maximum atomic E-state index is 4.76. The van der Waals surface area contributed by atoms with Crippen LogP contribution in [-0.4, -0.2) is 16.5 Å². The van der Waals surface area contributed by atoms with Crippen LogP contribution in [0.5, 0.6) is 0 Å². The molecule has 2 N–H and O–H groups in total. The number of piperidine rings is 1. The summed E-state index contributed by atoms with van der Waals surface area (Å²) in [7, 11) is 0. The number of nitrogens with zero attached hydrogens (tertiary/aromatic N) is 1. The Labute approximate surface area is 98.1 Å². The molecule has 0 radical (unpaired) electrons. The lowest BCUT2D eigenvalue weighted by Gasteiger charge is -2.21. The molecule has 1 unspecified atom stereocenters. The van der Waals surface area contributed by atoms with Crippen molar-refractivity contribution in [3.05, 3.63) is 17.2 Å². The van der Waals surface area contributed by atoms with Crippen LogP contribution in [0.3, 0.4) is 0 Å². The number of hydrogen-bond acceptors (Lipinski definition) is 2. The molecule has 90 valence electrons. The Hall–Kier alpha value is -0.830. The van der Waals surface area contributed by atoms with Crippen molar-refractivity contribution in [2.45, 2.75) is 52.5 Å². The molecule has 1 aliphatic rings. The molecule has 0 aliphatic carbocycles. The number of rotatable bonds is 3. The van der Waals surface area contributed by atoms with Crippen LogP contribution in [-0.2, 0) is 6.42 Å². The highest BCUT2D eigenvalue weighted by Crippen LogP contribution is 2.22. The Morgan fingerprint density at radius 1 is 1.38 bits per heavy atom. The molecule has 0 bridgehead atoms. The summed E-state index contributed by atoms with van der Waals surface area (Å²) in [5.41, 5.74) is 2.49. The van der Waals surface area contributed by atoms with E-state index in [0.717, 1.165) is 18.8 Å². The number of H-pyrrole nitrogens is 1. The second-order valence-electron chi connectivity index (χ2n) is 5.29. The van der Waals surface area contributed by atoms with Gasteiger partial charge in [0.15, 0.2) is 0 Å². The maximum absolute atomic E-state index is 4.76. The maximum Gasteiger partial charge on any atom is 0.123 e. The second-order valence-corrected chi connectivity index (χ2v) is 5.29. The smallest absolute Gasteiger partial charge is 0.123 e. The van der Waals surface area contributed by atoms with E-state index in [-0.39, 0.29) is 0 Å². The van der Waals surface area contributed by atoms with Gasteiger partial charge in [-0.15, -0.1) is 0 Å². The summed E-state index contributed by atoms with van der Waals surface area (Å²) in [6.45, 7) is 7.75. The Morgan fingerprint density at radius 2 is 2.19 bits per heavy atom. The van der Waals surface area contributed by atoms with E-state index in [1.54, 1.807) is 0 Å². The van der Waals surface area contributed by atoms with Crippen molar-refractivity contribution < 1.29 is 0 Å². The van der Waals surface area contributed by atoms with Crippen molar-refractivity contribution in [2.75, 3.05) is 6.54 Å². The van der Waals surface area contributed by atoms with E-state index >= 15 is 0 Å². The highest BCUT2D eigenvalue weighted by Gasteiger charge is 2.19. The molecule has 1 aromatic rings. The van der Waals surface area contributed by atoms with Crippen LogP contribution in [0.1, 0.15) is 56.4 Å². The molecular weight excluding hydrogens is 198 g/mol. The van der Waals surface area contributed by atoms with Crippen molar-refractivity contribution in [2.24, 2.45) is 5.92 Å². The average Bonchev–Trinajstić information content (AvgIpc) is 2.61. The van der Waals surface area contributed by atoms with Gasteiger partial charge >= 0.3 is 0 Å². The topological polar surface area (TPSA) is 40.7 Å². The summed E-state index contributed by atoms with van der Waals surface area (Å²) in [6.07, 6.45) is 4.91. The first-order chi connectivity index (χ1) is 7.66. The van der Waals surface area contributed by atoms with Gasteiger partial charge in [-0.05, 0) is 38.6 Å². The van der Waals surface area contributed by atoms with Gasteiger partial charge < -0.3 is 10.3 Å². The molecule has 3 heteroatoms. The lowest BCUT2D eigenvalue weighted by molar-refractivity contribution is 0.398. The van der Waals surface area contributed by atoms with Crippen LogP contribution in [0.2, 0.25) is 0 Å². The summed E-state index contributed by atoms with van der Waals surface area (Å²) in [5.74, 6) is 1.82. The predicted octanol–water partition coefficient (Wildman–Crippen LogP) is 2.73. The molecule has 3 nitrogen and oxygen atoms in total. The minimum atomic E-state index is 0.452. The van der Waals surface area contributed by atoms with Crippen molar-refractivity contribution in [1.29, 1.82) is 0 Å². The van der Waals surface area contributed by atoms with E-state index in [9.17, 15) is 0 Å². The highest BCUT2D eigenvalue weighted by molar-refractivity contribution is 5.15. The van der Waals surface area contributed by atoms with Crippen LogP contribution in [0.4, 0.5) is 0 Å². The molecule has 16 heavy (non-hydrogen) atoms. The van der Waals surface area contributed by atoms with Gasteiger partial charge in [0.25, 0.3) is 0 Å². The van der Waals surface area contributed by atoms with Crippen molar-refractivity contribution in [3.8, 4) is 0 Å². The predicted molar refractivity (Wildman–Crippen MR) is 66.5 cm³/mol. The number of aryl methyl sites for hydroxylation is 1. The number of aromatic nitrogens is 2. The van der Waals surface area contributed by atoms with Crippen LogP contribution in [0.15, 0.2) is 0 Å². The zero-order valence-electron chi connectivity index (χ0n) is 10.6. The fraction of sp³-hybridized carbons (Fsp3) is 0.769. The number of aromatic amines is 1. The van der Waals surface area contributed by atoms with E-state index in [4.69, 9.17) is 4.98 Å². The highest BCUT2D eigenvalue weighted by atomic mass is 15.0. The third-order valence-corrected chi connectivity index (χ3v) is 3.25. The largest absolute Gasteiger partial charge is 0.345 e. The first-order valence-corrected chi connectivity index (χ1v) is 6.45. The van der Waals surface area contributed by atoms with Gasteiger partial charge in [0.05, 0.1) is 11.7 Å². The van der Waals surface area contributed by atoms with Crippen LogP contribution < -0.4 is 5.32 Å². The molecule has 0 aromatic carbocycles.